The molecule has 2 aliphatic heterocycles. The van der Waals surface area contributed by atoms with E-state index in [1.54, 1.807) is 18.2 Å². The number of hydrogen-bond donors (Lipinski definition) is 5. The lowest BCUT2D eigenvalue weighted by atomic mass is 9.97. The number of nitrogen functional groups attached to an aromatic ring is 1. The minimum atomic E-state index is -4.60. The number of imidazole rings is 1. The third-order valence-electron chi connectivity index (χ3n) is 6.23. The van der Waals surface area contributed by atoms with Gasteiger partial charge in [-0.3, -0.25) is 0 Å². The summed E-state index contributed by atoms with van der Waals surface area (Å²) in [7, 11) is -8.92. The molecular weight excluding hydrogens is 520 g/mol. The van der Waals surface area contributed by atoms with Crippen LogP contribution in [0.2, 0.25) is 0 Å². The SMILES string of the molecule is NCCN1CC[C@@H](NS(=O)(=O)c2ccc(-c3cccc4[nH]c(N)nc34)c(C3=NCN=N3)c2S(N)(=O)=O)C1. The summed E-state index contributed by atoms with van der Waals surface area (Å²) in [5.74, 6) is 0.115. The molecule has 0 aliphatic carbocycles. The van der Waals surface area contributed by atoms with E-state index in [4.69, 9.17) is 16.6 Å². The van der Waals surface area contributed by atoms with Crippen LogP contribution in [0.1, 0.15) is 12.0 Å². The van der Waals surface area contributed by atoms with E-state index >= 15 is 0 Å². The fourth-order valence-electron chi connectivity index (χ4n) is 4.73. The highest BCUT2D eigenvalue weighted by atomic mass is 32.2. The number of aliphatic imine (C=N–C) groups is 1. The second-order valence-electron chi connectivity index (χ2n) is 8.74. The van der Waals surface area contributed by atoms with Crippen LogP contribution in [0, 0.1) is 0 Å². The topological polar surface area (TPSA) is 227 Å². The number of anilines is 1. The Bertz CT molecular complexity index is 1650. The largest absolute Gasteiger partial charge is 0.369 e. The molecule has 37 heavy (non-hydrogen) atoms. The zero-order valence-corrected chi connectivity index (χ0v) is 21.3. The molecule has 0 saturated carbocycles. The summed E-state index contributed by atoms with van der Waals surface area (Å²) in [6, 6.07) is 7.48. The molecule has 8 N–H and O–H groups in total. The summed E-state index contributed by atoms with van der Waals surface area (Å²) in [6.07, 6.45) is 0.554. The van der Waals surface area contributed by atoms with E-state index in [0.717, 1.165) is 0 Å². The number of nitrogens with zero attached hydrogens (tertiary/aromatic N) is 5. The van der Waals surface area contributed by atoms with Crippen molar-refractivity contribution in [1.29, 1.82) is 0 Å². The maximum Gasteiger partial charge on any atom is 0.242 e. The lowest BCUT2D eigenvalue weighted by Crippen LogP contribution is -2.38. The summed E-state index contributed by atoms with van der Waals surface area (Å²) < 4.78 is 55.7. The monoisotopic (exact) mass is 546 g/mol. The standard InChI is InChI=1S/C21H26N10O4S2/c22-7-9-31-8-6-12(10-31)30-37(34,35)16-5-4-13(14-2-1-3-15-18(14)28-21(23)27-15)17(19(16)36(24,32)33)20-25-11-26-29-20/h1-5,12,30H,6-11,22H2,(H3,23,27,28)(H2,24,32,33)/t12-/m1/s1. The van der Waals surface area contributed by atoms with Gasteiger partial charge in [0.05, 0.1) is 16.6 Å². The number of aromatic amines is 1. The van der Waals surface area contributed by atoms with Crippen molar-refractivity contribution in [3.8, 4) is 11.1 Å². The highest BCUT2D eigenvalue weighted by molar-refractivity contribution is 7.92. The van der Waals surface area contributed by atoms with Crippen molar-refractivity contribution >= 4 is 42.9 Å². The summed E-state index contributed by atoms with van der Waals surface area (Å²) in [6.45, 7) is 2.17. The van der Waals surface area contributed by atoms with E-state index in [1.807, 2.05) is 4.90 Å². The predicted octanol–water partition coefficient (Wildman–Crippen LogP) is -0.0593. The number of H-pyrrole nitrogens is 1. The second-order valence-corrected chi connectivity index (χ2v) is 11.9. The first-order valence-electron chi connectivity index (χ1n) is 11.4. The predicted molar refractivity (Wildman–Crippen MR) is 138 cm³/mol. The Hall–Kier alpha value is -3.28. The van der Waals surface area contributed by atoms with Crippen LogP contribution in [0.5, 0.6) is 0 Å². The normalized spacial score (nSPS) is 18.6. The molecule has 1 atom stereocenters. The highest BCUT2D eigenvalue weighted by Crippen LogP contribution is 2.37. The van der Waals surface area contributed by atoms with E-state index in [-0.39, 0.29) is 24.0 Å². The number of rotatable bonds is 8. The fourth-order valence-corrected chi connectivity index (χ4v) is 7.59. The van der Waals surface area contributed by atoms with Crippen LogP contribution in [0.4, 0.5) is 5.95 Å². The van der Waals surface area contributed by atoms with Crippen LogP contribution in [-0.4, -0.2) is 76.4 Å². The number of aromatic nitrogens is 2. The Morgan fingerprint density at radius 3 is 2.65 bits per heavy atom. The zero-order chi connectivity index (χ0) is 26.4. The molecule has 1 fully saturated rings. The van der Waals surface area contributed by atoms with Gasteiger partial charge in [0.25, 0.3) is 0 Å². The van der Waals surface area contributed by atoms with Crippen LogP contribution in [0.25, 0.3) is 22.2 Å². The molecule has 5 rings (SSSR count). The van der Waals surface area contributed by atoms with Crippen LogP contribution < -0.4 is 21.3 Å². The Balaban J connectivity index is 1.71. The quantitative estimate of drug-likeness (QED) is 0.256. The number of benzene rings is 2. The molecule has 1 saturated heterocycles. The average Bonchev–Trinajstić information content (AvgIpc) is 3.58. The molecule has 0 bridgehead atoms. The number of primary sulfonamides is 1. The van der Waals surface area contributed by atoms with Gasteiger partial charge in [0, 0.05) is 31.2 Å². The van der Waals surface area contributed by atoms with Crippen LogP contribution in [0.3, 0.4) is 0 Å². The van der Waals surface area contributed by atoms with E-state index in [1.165, 1.54) is 12.1 Å². The van der Waals surface area contributed by atoms with E-state index in [0.29, 0.717) is 54.8 Å². The van der Waals surface area contributed by atoms with Gasteiger partial charge in [-0.25, -0.2) is 36.7 Å². The molecule has 1 aromatic heterocycles. The first-order valence-corrected chi connectivity index (χ1v) is 14.4. The molecule has 2 aromatic carbocycles. The number of fused-ring (bicyclic) bond motifs is 1. The molecule has 3 aromatic rings. The Morgan fingerprint density at radius 2 is 1.95 bits per heavy atom. The number of para-hydroxylation sites is 1. The van der Waals surface area contributed by atoms with Crippen molar-refractivity contribution in [3.63, 3.8) is 0 Å². The van der Waals surface area contributed by atoms with Gasteiger partial charge in [-0.1, -0.05) is 18.2 Å². The first kappa shape index (κ1) is 25.4. The fraction of sp³-hybridized carbons (Fsp3) is 0.333. The number of sulfonamides is 2. The van der Waals surface area contributed by atoms with Gasteiger partial charge in [-0.05, 0) is 30.7 Å². The van der Waals surface area contributed by atoms with Gasteiger partial charge in [-0.15, -0.1) is 5.11 Å². The molecule has 3 heterocycles. The molecule has 16 heteroatoms. The minimum Gasteiger partial charge on any atom is -0.369 e. The maximum atomic E-state index is 13.5. The summed E-state index contributed by atoms with van der Waals surface area (Å²) in [5.41, 5.74) is 13.2. The highest BCUT2D eigenvalue weighted by Gasteiger charge is 2.35. The number of nitrogens with one attached hydrogen (secondary N) is 2. The van der Waals surface area contributed by atoms with Crippen molar-refractivity contribution in [1.82, 2.24) is 19.6 Å². The van der Waals surface area contributed by atoms with Crippen molar-refractivity contribution in [2.24, 2.45) is 26.1 Å². The second kappa shape index (κ2) is 9.55. The number of nitrogens with two attached hydrogens (primary N) is 3. The van der Waals surface area contributed by atoms with Crippen molar-refractivity contribution in [2.45, 2.75) is 22.3 Å². The van der Waals surface area contributed by atoms with E-state index in [9.17, 15) is 16.8 Å². The number of hydrogen-bond acceptors (Lipinski definition) is 11. The van der Waals surface area contributed by atoms with E-state index < -0.39 is 35.9 Å². The Labute approximate surface area is 213 Å². The van der Waals surface area contributed by atoms with Gasteiger partial charge in [0.15, 0.2) is 18.5 Å². The van der Waals surface area contributed by atoms with Crippen LogP contribution in [-0.2, 0) is 20.0 Å². The minimum absolute atomic E-state index is 0.0351. The summed E-state index contributed by atoms with van der Waals surface area (Å²) >= 11 is 0. The third-order valence-corrected chi connectivity index (χ3v) is 8.91. The zero-order valence-electron chi connectivity index (χ0n) is 19.6. The molecule has 0 radical (unpaired) electrons. The van der Waals surface area contributed by atoms with Gasteiger partial charge in [0.2, 0.25) is 20.0 Å². The van der Waals surface area contributed by atoms with Crippen molar-refractivity contribution in [2.75, 3.05) is 38.6 Å². The lowest BCUT2D eigenvalue weighted by Gasteiger charge is -2.19. The average molecular weight is 547 g/mol. The molecule has 0 amide bonds. The summed E-state index contributed by atoms with van der Waals surface area (Å²) in [5, 5.41) is 13.5. The summed E-state index contributed by atoms with van der Waals surface area (Å²) in [4.78, 5) is 12.3. The molecular formula is C21H26N10O4S2. The third kappa shape index (κ3) is 4.86. The van der Waals surface area contributed by atoms with Gasteiger partial charge >= 0.3 is 0 Å². The van der Waals surface area contributed by atoms with Gasteiger partial charge in [-0.2, -0.15) is 5.11 Å². The first-order chi connectivity index (χ1) is 17.6. The smallest absolute Gasteiger partial charge is 0.242 e. The molecule has 196 valence electrons. The van der Waals surface area contributed by atoms with Crippen molar-refractivity contribution < 1.29 is 16.8 Å². The molecule has 0 unspecified atom stereocenters. The number of azo groups is 1. The van der Waals surface area contributed by atoms with Crippen LogP contribution in [0.15, 0.2) is 55.3 Å². The molecule has 0 spiro atoms. The molecule has 14 nitrogen and oxygen atoms in total. The van der Waals surface area contributed by atoms with Gasteiger partial charge in [0.1, 0.15) is 9.79 Å². The Morgan fingerprint density at radius 1 is 1.14 bits per heavy atom. The lowest BCUT2D eigenvalue weighted by molar-refractivity contribution is 0.341. The van der Waals surface area contributed by atoms with Gasteiger partial charge < -0.3 is 21.4 Å². The Kier molecular flexibility index (Phi) is 6.55. The van der Waals surface area contributed by atoms with E-state index in [2.05, 4.69) is 29.9 Å². The number of likely N-dealkylation sites (tertiary alicyclic amines) is 1. The maximum absolute atomic E-state index is 13.5. The van der Waals surface area contributed by atoms with Crippen LogP contribution >= 0.6 is 0 Å². The molecule has 2 aliphatic rings. The number of amidine groups is 1. The van der Waals surface area contributed by atoms with Crippen molar-refractivity contribution in [3.05, 3.63) is 35.9 Å².